The zero-order valence-corrected chi connectivity index (χ0v) is 13.8. The van der Waals surface area contributed by atoms with Gasteiger partial charge >= 0.3 is 125 Å². The Balaban J connectivity index is 2.22. The van der Waals surface area contributed by atoms with Crippen LogP contribution in [0.3, 0.4) is 0 Å². The van der Waals surface area contributed by atoms with Crippen LogP contribution in [0.15, 0.2) is 64.0 Å². The van der Waals surface area contributed by atoms with E-state index in [0.717, 1.165) is 4.48 Å². The second-order valence-corrected chi connectivity index (χ2v) is 8.41. The van der Waals surface area contributed by atoms with Crippen LogP contribution in [-0.4, -0.2) is 15.0 Å². The molecule has 0 saturated heterocycles. The molecule has 17 heavy (non-hydrogen) atoms. The third-order valence-corrected chi connectivity index (χ3v) is 7.23. The summed E-state index contributed by atoms with van der Waals surface area (Å²) in [6.07, 6.45) is 0. The molecule has 0 amide bonds. The Kier molecular flexibility index (Phi) is 5.05. The topological polar surface area (TPSA) is 0 Å². The molecule has 0 fully saturated rings. The summed E-state index contributed by atoms with van der Waals surface area (Å²) in [5, 5.41) is 0. The quantitative estimate of drug-likeness (QED) is 0.660. The molecule has 0 aliphatic carbocycles. The molecule has 2 aromatic carbocycles. The van der Waals surface area contributed by atoms with Gasteiger partial charge in [0.05, 0.1) is 0 Å². The first-order valence-corrected chi connectivity index (χ1v) is 8.41. The summed E-state index contributed by atoms with van der Waals surface area (Å²) in [7, 11) is 0. The predicted octanol–water partition coefficient (Wildman–Crippen LogP) is 4.13. The van der Waals surface area contributed by atoms with E-state index in [1.807, 2.05) is 24.3 Å². The van der Waals surface area contributed by atoms with Gasteiger partial charge in [0.15, 0.2) is 0 Å². The maximum atomic E-state index is 3.68. The summed E-state index contributed by atoms with van der Waals surface area (Å²) in [5.74, 6) is 0. The summed E-state index contributed by atoms with van der Waals surface area (Å²) in [6.45, 7) is 0. The standard InChI is InChI=1S/C14H10Br2Se/c15-13(11-7-3-1-4-8-11)14(16)17-12-9-5-2-6-10-12/h1-10H/b14-13+. The normalized spacial score (nSPS) is 12.1. The average Bonchev–Trinajstić information content (AvgIpc) is 2.40. The first kappa shape index (κ1) is 13.1. The van der Waals surface area contributed by atoms with Crippen LogP contribution in [0, 0.1) is 0 Å². The fourth-order valence-corrected chi connectivity index (χ4v) is 4.70. The van der Waals surface area contributed by atoms with E-state index in [1.165, 1.54) is 13.4 Å². The molecule has 0 nitrogen and oxygen atoms in total. The molecule has 0 aliphatic heterocycles. The Bertz CT molecular complexity index is 506. The Hall–Kier alpha value is -0.341. The van der Waals surface area contributed by atoms with E-state index >= 15 is 0 Å². The molecule has 0 heterocycles. The molecule has 0 spiro atoms. The van der Waals surface area contributed by atoms with Crippen molar-refractivity contribution in [1.29, 1.82) is 0 Å². The van der Waals surface area contributed by atoms with E-state index in [-0.39, 0.29) is 0 Å². The minimum atomic E-state index is 0.302. The van der Waals surface area contributed by atoms with Crippen LogP contribution >= 0.6 is 31.9 Å². The first-order valence-electron chi connectivity index (χ1n) is 5.11. The van der Waals surface area contributed by atoms with Crippen molar-refractivity contribution in [3.63, 3.8) is 0 Å². The molecule has 0 aromatic heterocycles. The molecule has 0 bridgehead atoms. The molecule has 2 rings (SSSR count). The number of halogens is 2. The van der Waals surface area contributed by atoms with Gasteiger partial charge in [0, 0.05) is 0 Å². The predicted molar refractivity (Wildman–Crippen MR) is 83.0 cm³/mol. The van der Waals surface area contributed by atoms with Crippen LogP contribution in [-0.2, 0) is 0 Å². The van der Waals surface area contributed by atoms with E-state index in [2.05, 4.69) is 68.3 Å². The van der Waals surface area contributed by atoms with Gasteiger partial charge in [-0.25, -0.2) is 0 Å². The molecule has 0 atom stereocenters. The van der Waals surface area contributed by atoms with Crippen molar-refractivity contribution < 1.29 is 0 Å². The van der Waals surface area contributed by atoms with Gasteiger partial charge in [-0.15, -0.1) is 0 Å². The minimum absolute atomic E-state index is 0.302. The summed E-state index contributed by atoms with van der Waals surface area (Å²) in [6, 6.07) is 20.8. The van der Waals surface area contributed by atoms with Crippen LogP contribution in [0.25, 0.3) is 4.48 Å². The van der Waals surface area contributed by atoms with Gasteiger partial charge in [0.1, 0.15) is 0 Å². The van der Waals surface area contributed by atoms with E-state index in [1.54, 1.807) is 0 Å². The van der Waals surface area contributed by atoms with Crippen molar-refractivity contribution >= 4 is 55.8 Å². The zero-order valence-electron chi connectivity index (χ0n) is 8.94. The van der Waals surface area contributed by atoms with E-state index in [9.17, 15) is 0 Å². The third-order valence-electron chi connectivity index (χ3n) is 2.15. The number of rotatable bonds is 3. The number of hydrogen-bond acceptors (Lipinski definition) is 0. The second kappa shape index (κ2) is 6.55. The van der Waals surface area contributed by atoms with Gasteiger partial charge in [-0.05, 0) is 0 Å². The fourth-order valence-electron chi connectivity index (χ4n) is 1.33. The first-order chi connectivity index (χ1) is 8.27. The van der Waals surface area contributed by atoms with Crippen molar-refractivity contribution in [2.45, 2.75) is 0 Å². The molecular formula is C14H10Br2Se. The Morgan fingerprint density at radius 3 is 1.88 bits per heavy atom. The zero-order chi connectivity index (χ0) is 12.1. The third kappa shape index (κ3) is 3.82. The van der Waals surface area contributed by atoms with E-state index < -0.39 is 0 Å². The fraction of sp³-hybridized carbons (Fsp3) is 0. The van der Waals surface area contributed by atoms with Crippen molar-refractivity contribution in [2.75, 3.05) is 0 Å². The van der Waals surface area contributed by atoms with Crippen molar-refractivity contribution in [1.82, 2.24) is 0 Å². The number of benzene rings is 2. The van der Waals surface area contributed by atoms with Crippen LogP contribution in [0.4, 0.5) is 0 Å². The molecule has 0 N–H and O–H groups in total. The second-order valence-electron chi connectivity index (χ2n) is 3.37. The molecule has 0 aliphatic rings. The van der Waals surface area contributed by atoms with Crippen LogP contribution in [0.1, 0.15) is 5.56 Å². The van der Waals surface area contributed by atoms with Gasteiger partial charge < -0.3 is 0 Å². The SMILES string of the molecule is Br/C([Se]c1ccccc1)=C(\Br)c1ccccc1. The van der Waals surface area contributed by atoms with Crippen LogP contribution in [0.2, 0.25) is 0 Å². The molecule has 3 heteroatoms. The number of hydrogen-bond donors (Lipinski definition) is 0. The van der Waals surface area contributed by atoms with Crippen LogP contribution in [0.5, 0.6) is 0 Å². The molecule has 0 unspecified atom stereocenters. The molecule has 86 valence electrons. The monoisotopic (exact) mass is 416 g/mol. The van der Waals surface area contributed by atoms with Gasteiger partial charge in [0.2, 0.25) is 0 Å². The summed E-state index contributed by atoms with van der Waals surface area (Å²) in [5.41, 5.74) is 1.21. The Morgan fingerprint density at radius 2 is 1.29 bits per heavy atom. The molecule has 2 aromatic rings. The van der Waals surface area contributed by atoms with Crippen molar-refractivity contribution in [3.8, 4) is 0 Å². The molecular weight excluding hydrogens is 407 g/mol. The van der Waals surface area contributed by atoms with Crippen molar-refractivity contribution in [2.24, 2.45) is 0 Å². The molecule has 0 saturated carbocycles. The van der Waals surface area contributed by atoms with Gasteiger partial charge in [-0.3, -0.25) is 0 Å². The van der Waals surface area contributed by atoms with Crippen LogP contribution < -0.4 is 4.46 Å². The van der Waals surface area contributed by atoms with Crippen molar-refractivity contribution in [3.05, 3.63) is 69.6 Å². The Morgan fingerprint density at radius 1 is 0.765 bits per heavy atom. The maximum absolute atomic E-state index is 3.68. The summed E-state index contributed by atoms with van der Waals surface area (Å²) < 4.78 is 3.73. The van der Waals surface area contributed by atoms with Gasteiger partial charge in [0.25, 0.3) is 0 Å². The molecule has 0 radical (unpaired) electrons. The summed E-state index contributed by atoms with van der Waals surface area (Å²) >= 11 is 7.64. The summed E-state index contributed by atoms with van der Waals surface area (Å²) in [4.78, 5) is 0. The van der Waals surface area contributed by atoms with E-state index in [0.29, 0.717) is 15.0 Å². The van der Waals surface area contributed by atoms with E-state index in [4.69, 9.17) is 0 Å². The van der Waals surface area contributed by atoms with Gasteiger partial charge in [-0.1, -0.05) is 0 Å². The van der Waals surface area contributed by atoms with Gasteiger partial charge in [-0.2, -0.15) is 0 Å². The average molecular weight is 417 g/mol. The Labute approximate surface area is 125 Å².